The van der Waals surface area contributed by atoms with E-state index < -0.39 is 0 Å². The number of anilines is 4. The van der Waals surface area contributed by atoms with Crippen molar-refractivity contribution >= 4 is 29.0 Å². The number of amides is 1. The Hall–Kier alpha value is -2.83. The number of nitrogens with one attached hydrogen (secondary N) is 1. The standard InChI is InChI=1S/C25H35N5O2/c1-7-19-23(31)29(5)20-15-26-24(28-22(20)30(19)17-10-8-9-11-17)27-18-13-12-16(25(2,3)4)14-21(18)32-6/h12-15,17,19H,7-11H2,1-6H3,(H,26,27,28)/t19-/m1/s1. The summed E-state index contributed by atoms with van der Waals surface area (Å²) in [6.45, 7) is 8.62. The summed E-state index contributed by atoms with van der Waals surface area (Å²) in [5.74, 6) is 2.22. The maximum Gasteiger partial charge on any atom is 0.249 e. The lowest BCUT2D eigenvalue weighted by atomic mass is 9.87. The van der Waals surface area contributed by atoms with Crippen molar-refractivity contribution in [3.05, 3.63) is 30.0 Å². The van der Waals surface area contributed by atoms with Gasteiger partial charge in [-0.3, -0.25) is 4.79 Å². The third kappa shape index (κ3) is 4.00. The monoisotopic (exact) mass is 437 g/mol. The smallest absolute Gasteiger partial charge is 0.249 e. The van der Waals surface area contributed by atoms with E-state index in [1.54, 1.807) is 18.2 Å². The van der Waals surface area contributed by atoms with E-state index in [2.05, 4.69) is 55.0 Å². The molecule has 7 heteroatoms. The molecule has 0 bridgehead atoms. The van der Waals surface area contributed by atoms with Crippen LogP contribution in [0.2, 0.25) is 0 Å². The van der Waals surface area contributed by atoms with E-state index in [0.29, 0.717) is 12.0 Å². The Morgan fingerprint density at radius 2 is 1.94 bits per heavy atom. The molecule has 0 saturated heterocycles. The molecule has 0 radical (unpaired) electrons. The molecule has 1 fully saturated rings. The van der Waals surface area contributed by atoms with Crippen molar-refractivity contribution in [3.8, 4) is 5.75 Å². The van der Waals surface area contributed by atoms with Gasteiger partial charge in [0, 0.05) is 13.1 Å². The molecule has 1 amide bonds. The molecule has 32 heavy (non-hydrogen) atoms. The van der Waals surface area contributed by atoms with Gasteiger partial charge < -0.3 is 19.9 Å². The normalized spacial score (nSPS) is 19.3. The summed E-state index contributed by atoms with van der Waals surface area (Å²) in [5.41, 5.74) is 2.82. The SMILES string of the molecule is CC[C@@H]1C(=O)N(C)c2cnc(Nc3ccc(C(C)(C)C)cc3OC)nc2N1C1CCCC1. The van der Waals surface area contributed by atoms with Crippen LogP contribution < -0.4 is 19.9 Å². The fourth-order valence-electron chi connectivity index (χ4n) is 4.82. The second kappa shape index (κ2) is 8.60. The predicted molar refractivity (Wildman–Crippen MR) is 129 cm³/mol. The van der Waals surface area contributed by atoms with E-state index in [4.69, 9.17) is 9.72 Å². The van der Waals surface area contributed by atoms with Gasteiger partial charge in [-0.05, 0) is 42.4 Å². The first-order valence-corrected chi connectivity index (χ1v) is 11.6. The van der Waals surface area contributed by atoms with Crippen molar-refractivity contribution in [2.45, 2.75) is 77.3 Å². The molecule has 1 aromatic carbocycles. The molecule has 1 aliphatic heterocycles. The van der Waals surface area contributed by atoms with Crippen LogP contribution in [0.4, 0.5) is 23.1 Å². The minimum absolute atomic E-state index is 0.0300. The first kappa shape index (κ1) is 22.4. The van der Waals surface area contributed by atoms with E-state index >= 15 is 0 Å². The maximum absolute atomic E-state index is 13.1. The largest absolute Gasteiger partial charge is 0.495 e. The third-order valence-corrected chi connectivity index (χ3v) is 6.73. The average molecular weight is 438 g/mol. The lowest BCUT2D eigenvalue weighted by Crippen LogP contribution is -2.55. The van der Waals surface area contributed by atoms with Crippen LogP contribution >= 0.6 is 0 Å². The highest BCUT2D eigenvalue weighted by atomic mass is 16.5. The van der Waals surface area contributed by atoms with Gasteiger partial charge in [0.1, 0.15) is 17.5 Å². The Kier molecular flexibility index (Phi) is 6.01. The number of carbonyl (C=O) groups excluding carboxylic acids is 1. The predicted octanol–water partition coefficient (Wildman–Crippen LogP) is 5.03. The highest BCUT2D eigenvalue weighted by Crippen LogP contribution is 2.40. The first-order valence-electron chi connectivity index (χ1n) is 11.6. The minimum atomic E-state index is -0.182. The fraction of sp³-hybridized carbons (Fsp3) is 0.560. The number of aromatic nitrogens is 2. The van der Waals surface area contributed by atoms with Gasteiger partial charge in [-0.15, -0.1) is 0 Å². The zero-order valence-electron chi connectivity index (χ0n) is 20.1. The van der Waals surface area contributed by atoms with Crippen LogP contribution in [-0.4, -0.2) is 42.1 Å². The van der Waals surface area contributed by atoms with E-state index in [1.165, 1.54) is 18.4 Å². The van der Waals surface area contributed by atoms with Gasteiger partial charge in [0.25, 0.3) is 0 Å². The Bertz CT molecular complexity index is 994. The number of hydrogen-bond acceptors (Lipinski definition) is 6. The van der Waals surface area contributed by atoms with Gasteiger partial charge in [0.05, 0.1) is 19.0 Å². The molecular weight excluding hydrogens is 402 g/mol. The zero-order chi connectivity index (χ0) is 23.0. The van der Waals surface area contributed by atoms with Crippen molar-refractivity contribution in [1.29, 1.82) is 0 Å². The van der Waals surface area contributed by atoms with Gasteiger partial charge in [-0.25, -0.2) is 4.98 Å². The molecule has 1 N–H and O–H groups in total. The number of benzene rings is 1. The fourth-order valence-corrected chi connectivity index (χ4v) is 4.82. The lowest BCUT2D eigenvalue weighted by Gasteiger charge is -2.43. The Morgan fingerprint density at radius 3 is 2.56 bits per heavy atom. The van der Waals surface area contributed by atoms with Crippen LogP contribution in [-0.2, 0) is 10.2 Å². The van der Waals surface area contributed by atoms with E-state index in [-0.39, 0.29) is 17.4 Å². The van der Waals surface area contributed by atoms with E-state index in [9.17, 15) is 4.79 Å². The molecule has 2 aliphatic rings. The molecule has 1 atom stereocenters. The number of methoxy groups -OCH3 is 1. The highest BCUT2D eigenvalue weighted by molar-refractivity contribution is 6.04. The van der Waals surface area contributed by atoms with Crippen LogP contribution in [0, 0.1) is 0 Å². The van der Waals surface area contributed by atoms with Crippen LogP contribution in [0.3, 0.4) is 0 Å². The first-order chi connectivity index (χ1) is 15.2. The Labute approximate surface area is 191 Å². The maximum atomic E-state index is 13.1. The Balaban J connectivity index is 1.71. The summed E-state index contributed by atoms with van der Waals surface area (Å²) in [6, 6.07) is 6.35. The number of nitrogens with zero attached hydrogens (tertiary/aromatic N) is 4. The molecule has 172 valence electrons. The molecule has 1 aromatic heterocycles. The lowest BCUT2D eigenvalue weighted by molar-refractivity contribution is -0.120. The molecule has 1 saturated carbocycles. The molecule has 0 unspecified atom stereocenters. The van der Waals surface area contributed by atoms with Crippen molar-refractivity contribution in [1.82, 2.24) is 9.97 Å². The number of carbonyl (C=O) groups is 1. The van der Waals surface area contributed by atoms with Crippen molar-refractivity contribution in [3.63, 3.8) is 0 Å². The Morgan fingerprint density at radius 1 is 1.22 bits per heavy atom. The molecule has 2 heterocycles. The van der Waals surface area contributed by atoms with Crippen molar-refractivity contribution < 1.29 is 9.53 Å². The van der Waals surface area contributed by atoms with Crippen molar-refractivity contribution in [2.75, 3.05) is 29.3 Å². The van der Waals surface area contributed by atoms with Crippen LogP contribution in [0.15, 0.2) is 24.4 Å². The second-order valence-corrected chi connectivity index (χ2v) is 9.86. The summed E-state index contributed by atoms with van der Waals surface area (Å²) in [5, 5.41) is 3.34. The van der Waals surface area contributed by atoms with Gasteiger partial charge >= 0.3 is 0 Å². The van der Waals surface area contributed by atoms with Gasteiger partial charge in [0.2, 0.25) is 11.9 Å². The van der Waals surface area contributed by atoms with Gasteiger partial charge in [0.15, 0.2) is 5.82 Å². The molecule has 1 aliphatic carbocycles. The number of ether oxygens (including phenoxy) is 1. The van der Waals surface area contributed by atoms with E-state index in [0.717, 1.165) is 42.2 Å². The minimum Gasteiger partial charge on any atom is -0.495 e. The summed E-state index contributed by atoms with van der Waals surface area (Å²) < 4.78 is 5.65. The molecular formula is C25H35N5O2. The molecule has 7 nitrogen and oxygen atoms in total. The van der Waals surface area contributed by atoms with Gasteiger partial charge in [-0.2, -0.15) is 4.98 Å². The molecule has 2 aromatic rings. The number of hydrogen-bond donors (Lipinski definition) is 1. The second-order valence-electron chi connectivity index (χ2n) is 9.86. The summed E-state index contributed by atoms with van der Waals surface area (Å²) in [6.07, 6.45) is 7.11. The van der Waals surface area contributed by atoms with Crippen LogP contribution in [0.25, 0.3) is 0 Å². The number of rotatable bonds is 5. The molecule has 4 rings (SSSR count). The molecule has 0 spiro atoms. The zero-order valence-corrected chi connectivity index (χ0v) is 20.1. The highest BCUT2D eigenvalue weighted by Gasteiger charge is 2.41. The third-order valence-electron chi connectivity index (χ3n) is 6.73. The van der Waals surface area contributed by atoms with E-state index in [1.807, 2.05) is 13.1 Å². The topological polar surface area (TPSA) is 70.6 Å². The van der Waals surface area contributed by atoms with Crippen molar-refractivity contribution in [2.24, 2.45) is 0 Å². The average Bonchev–Trinajstić information content (AvgIpc) is 3.29. The summed E-state index contributed by atoms with van der Waals surface area (Å²) >= 11 is 0. The van der Waals surface area contributed by atoms with Crippen LogP contribution in [0.1, 0.15) is 65.4 Å². The van der Waals surface area contributed by atoms with Gasteiger partial charge in [-0.1, -0.05) is 46.6 Å². The number of likely N-dealkylation sites (N-methyl/N-ethyl adjacent to an activating group) is 1. The van der Waals surface area contributed by atoms with Crippen LogP contribution in [0.5, 0.6) is 5.75 Å². The quantitative estimate of drug-likeness (QED) is 0.707. The summed E-state index contributed by atoms with van der Waals surface area (Å²) in [4.78, 5) is 26.5. The number of fused-ring (bicyclic) bond motifs is 1. The summed E-state index contributed by atoms with van der Waals surface area (Å²) in [7, 11) is 3.50.